The van der Waals surface area contributed by atoms with Crippen LogP contribution in [0.2, 0.25) is 0 Å². The van der Waals surface area contributed by atoms with Gasteiger partial charge in [0.1, 0.15) is 0 Å². The Balaban J connectivity index is 2.24. The molecule has 0 saturated heterocycles. The number of hydrogen-bond acceptors (Lipinski definition) is 2. The molecule has 1 aliphatic carbocycles. The maximum absolute atomic E-state index is 11.3. The van der Waals surface area contributed by atoms with Gasteiger partial charge in [0.15, 0.2) is 0 Å². The molecule has 0 radical (unpaired) electrons. The summed E-state index contributed by atoms with van der Waals surface area (Å²) >= 11 is 0. The van der Waals surface area contributed by atoms with Crippen LogP contribution in [0.25, 0.3) is 0 Å². The maximum Gasteiger partial charge on any atom is 0.237 e. The third-order valence-corrected chi connectivity index (χ3v) is 2.53. The average Bonchev–Trinajstić information content (AvgIpc) is 2.84. The Hall–Kier alpha value is -0.570. The summed E-state index contributed by atoms with van der Waals surface area (Å²) in [6.07, 6.45) is 2.55. The van der Waals surface area contributed by atoms with Crippen LogP contribution < -0.4 is 10.6 Å². The Morgan fingerprint density at radius 1 is 1.42 bits per heavy atom. The molecule has 0 aromatic rings. The van der Waals surface area contributed by atoms with Gasteiger partial charge >= 0.3 is 0 Å². The van der Waals surface area contributed by atoms with E-state index in [4.69, 9.17) is 0 Å². The van der Waals surface area contributed by atoms with Crippen molar-refractivity contribution in [3.05, 3.63) is 0 Å². The summed E-state index contributed by atoms with van der Waals surface area (Å²) in [5.74, 6) is 0.843. The molecule has 1 rings (SSSR count). The Morgan fingerprint density at radius 3 is 2.42 bits per heavy atom. The van der Waals surface area contributed by atoms with Gasteiger partial charge < -0.3 is 10.6 Å². The maximum atomic E-state index is 11.3. The lowest BCUT2D eigenvalue weighted by molar-refractivity contribution is -0.123. The average molecular weight is 170 g/mol. The molecule has 2 N–H and O–H groups in total. The summed E-state index contributed by atoms with van der Waals surface area (Å²) in [5, 5.41) is 5.91. The Kier molecular flexibility index (Phi) is 3.09. The van der Waals surface area contributed by atoms with Crippen LogP contribution >= 0.6 is 0 Å². The fourth-order valence-electron chi connectivity index (χ4n) is 1.19. The zero-order valence-corrected chi connectivity index (χ0v) is 8.05. The van der Waals surface area contributed by atoms with Crippen molar-refractivity contribution in [3.8, 4) is 0 Å². The monoisotopic (exact) mass is 170 g/mol. The van der Waals surface area contributed by atoms with E-state index in [9.17, 15) is 4.79 Å². The topological polar surface area (TPSA) is 41.1 Å². The molecule has 3 nitrogen and oxygen atoms in total. The van der Waals surface area contributed by atoms with E-state index in [2.05, 4.69) is 17.6 Å². The van der Waals surface area contributed by atoms with Gasteiger partial charge in [-0.3, -0.25) is 4.79 Å². The Labute approximate surface area is 73.9 Å². The van der Waals surface area contributed by atoms with Gasteiger partial charge in [0, 0.05) is 6.04 Å². The van der Waals surface area contributed by atoms with Crippen LogP contribution in [0.1, 0.15) is 26.7 Å². The van der Waals surface area contributed by atoms with Gasteiger partial charge in [-0.1, -0.05) is 0 Å². The first-order valence-corrected chi connectivity index (χ1v) is 4.62. The first-order valence-electron chi connectivity index (χ1n) is 4.62. The van der Waals surface area contributed by atoms with Crippen molar-refractivity contribution >= 4 is 5.91 Å². The van der Waals surface area contributed by atoms with Gasteiger partial charge in [0.05, 0.1) is 6.04 Å². The molecule has 70 valence electrons. The highest BCUT2D eigenvalue weighted by Crippen LogP contribution is 2.32. The molecule has 2 unspecified atom stereocenters. The second-order valence-corrected chi connectivity index (χ2v) is 3.65. The van der Waals surface area contributed by atoms with Gasteiger partial charge in [-0.05, 0) is 39.7 Å². The van der Waals surface area contributed by atoms with Crippen LogP contribution in [0.15, 0.2) is 0 Å². The van der Waals surface area contributed by atoms with E-state index in [-0.39, 0.29) is 11.9 Å². The molecule has 12 heavy (non-hydrogen) atoms. The fraction of sp³-hybridized carbons (Fsp3) is 0.889. The summed E-state index contributed by atoms with van der Waals surface area (Å²) in [5.41, 5.74) is 0. The second kappa shape index (κ2) is 3.90. The molecular formula is C9H18N2O. The molecule has 1 amide bonds. The first kappa shape index (κ1) is 9.52. The molecule has 0 aromatic heterocycles. The van der Waals surface area contributed by atoms with E-state index in [0.717, 1.165) is 5.92 Å². The van der Waals surface area contributed by atoms with Crippen LogP contribution in [0.5, 0.6) is 0 Å². The molecule has 0 aromatic carbocycles. The highest BCUT2D eigenvalue weighted by molar-refractivity contribution is 5.81. The lowest BCUT2D eigenvalue weighted by atomic mass is 10.2. The SMILES string of the molecule is CNC(C)C(=O)NC(C)C1CC1. The number of rotatable bonds is 4. The third-order valence-electron chi connectivity index (χ3n) is 2.53. The zero-order chi connectivity index (χ0) is 9.14. The van der Waals surface area contributed by atoms with Gasteiger partial charge in [0.2, 0.25) is 5.91 Å². The van der Waals surface area contributed by atoms with Crippen molar-refractivity contribution in [3.63, 3.8) is 0 Å². The molecule has 0 heterocycles. The predicted molar refractivity (Wildman–Crippen MR) is 48.9 cm³/mol. The van der Waals surface area contributed by atoms with Crippen molar-refractivity contribution in [2.24, 2.45) is 5.92 Å². The number of carbonyl (C=O) groups is 1. The van der Waals surface area contributed by atoms with Gasteiger partial charge in [-0.2, -0.15) is 0 Å². The van der Waals surface area contributed by atoms with Gasteiger partial charge in [0.25, 0.3) is 0 Å². The van der Waals surface area contributed by atoms with E-state index in [1.54, 1.807) is 7.05 Å². The van der Waals surface area contributed by atoms with E-state index in [1.165, 1.54) is 12.8 Å². The largest absolute Gasteiger partial charge is 0.352 e. The lowest BCUT2D eigenvalue weighted by Gasteiger charge is -2.16. The highest BCUT2D eigenvalue weighted by Gasteiger charge is 2.29. The molecule has 3 heteroatoms. The van der Waals surface area contributed by atoms with Crippen LogP contribution in [-0.2, 0) is 4.79 Å². The van der Waals surface area contributed by atoms with E-state index in [0.29, 0.717) is 6.04 Å². The standard InChI is InChI=1S/C9H18N2O/c1-6(8-4-5-8)11-9(12)7(2)10-3/h6-8,10H,4-5H2,1-3H3,(H,11,12). The number of nitrogens with one attached hydrogen (secondary N) is 2. The smallest absolute Gasteiger partial charge is 0.237 e. The second-order valence-electron chi connectivity index (χ2n) is 3.65. The van der Waals surface area contributed by atoms with Crippen LogP contribution in [-0.4, -0.2) is 25.0 Å². The third kappa shape index (κ3) is 2.48. The summed E-state index contributed by atoms with van der Waals surface area (Å²) in [6, 6.07) is 0.277. The fourth-order valence-corrected chi connectivity index (χ4v) is 1.19. The highest BCUT2D eigenvalue weighted by atomic mass is 16.2. The number of amides is 1. The minimum atomic E-state index is -0.0776. The van der Waals surface area contributed by atoms with Gasteiger partial charge in [-0.25, -0.2) is 0 Å². The molecule has 0 aliphatic heterocycles. The van der Waals surface area contributed by atoms with Crippen LogP contribution in [0.3, 0.4) is 0 Å². The van der Waals surface area contributed by atoms with E-state index in [1.807, 2.05) is 6.92 Å². The van der Waals surface area contributed by atoms with Crippen molar-refractivity contribution < 1.29 is 4.79 Å². The van der Waals surface area contributed by atoms with Crippen molar-refractivity contribution in [1.82, 2.24) is 10.6 Å². The van der Waals surface area contributed by atoms with Crippen molar-refractivity contribution in [2.75, 3.05) is 7.05 Å². The normalized spacial score (nSPS) is 21.6. The summed E-state index contributed by atoms with van der Waals surface area (Å²) in [7, 11) is 1.80. The molecule has 2 atom stereocenters. The Morgan fingerprint density at radius 2 is 2.00 bits per heavy atom. The quantitative estimate of drug-likeness (QED) is 0.645. The summed E-state index contributed by atoms with van der Waals surface area (Å²) in [4.78, 5) is 11.3. The lowest BCUT2D eigenvalue weighted by Crippen LogP contribution is -2.44. The number of carbonyl (C=O) groups excluding carboxylic acids is 1. The zero-order valence-electron chi connectivity index (χ0n) is 8.05. The minimum absolute atomic E-state index is 0.0776. The van der Waals surface area contributed by atoms with E-state index < -0.39 is 0 Å². The Bertz CT molecular complexity index is 166. The molecular weight excluding hydrogens is 152 g/mol. The predicted octanol–water partition coefficient (Wildman–Crippen LogP) is 0.509. The van der Waals surface area contributed by atoms with Crippen molar-refractivity contribution in [2.45, 2.75) is 38.8 Å². The molecule has 1 fully saturated rings. The van der Waals surface area contributed by atoms with Gasteiger partial charge in [-0.15, -0.1) is 0 Å². The van der Waals surface area contributed by atoms with Crippen molar-refractivity contribution in [1.29, 1.82) is 0 Å². The summed E-state index contributed by atoms with van der Waals surface area (Å²) in [6.45, 7) is 3.95. The van der Waals surface area contributed by atoms with Crippen LogP contribution in [0, 0.1) is 5.92 Å². The molecule has 1 saturated carbocycles. The van der Waals surface area contributed by atoms with E-state index >= 15 is 0 Å². The molecule has 0 spiro atoms. The van der Waals surface area contributed by atoms with Crippen LogP contribution in [0.4, 0.5) is 0 Å². The molecule has 1 aliphatic rings. The number of likely N-dealkylation sites (N-methyl/N-ethyl adjacent to an activating group) is 1. The molecule has 0 bridgehead atoms. The summed E-state index contributed by atoms with van der Waals surface area (Å²) < 4.78 is 0. The minimum Gasteiger partial charge on any atom is -0.352 e. The number of hydrogen-bond donors (Lipinski definition) is 2. The first-order chi connectivity index (χ1) is 5.65.